The summed E-state index contributed by atoms with van der Waals surface area (Å²) in [6.45, 7) is 8.12. The van der Waals surface area contributed by atoms with Crippen LogP contribution in [0.2, 0.25) is 0 Å². The highest BCUT2D eigenvalue weighted by Gasteiger charge is 2.07. The van der Waals surface area contributed by atoms with Crippen LogP contribution in [0.25, 0.3) is 0 Å². The van der Waals surface area contributed by atoms with Crippen molar-refractivity contribution < 1.29 is 9.26 Å². The number of rotatable bonds is 8. The summed E-state index contributed by atoms with van der Waals surface area (Å²) in [5.74, 6) is 2.42. The second kappa shape index (κ2) is 11.8. The van der Waals surface area contributed by atoms with E-state index >= 15 is 0 Å². The lowest BCUT2D eigenvalue weighted by atomic mass is 10.1. The van der Waals surface area contributed by atoms with E-state index in [0.717, 1.165) is 35.6 Å². The van der Waals surface area contributed by atoms with Gasteiger partial charge in [-0.3, -0.25) is 4.99 Å². The molecule has 7 heteroatoms. The van der Waals surface area contributed by atoms with Crippen LogP contribution in [-0.2, 0) is 19.5 Å². The quantitative estimate of drug-likeness (QED) is 0.347. The van der Waals surface area contributed by atoms with Crippen LogP contribution in [0.15, 0.2) is 33.8 Å². The third-order valence-electron chi connectivity index (χ3n) is 3.75. The second-order valence-corrected chi connectivity index (χ2v) is 5.88. The molecule has 2 rings (SSSR count). The summed E-state index contributed by atoms with van der Waals surface area (Å²) >= 11 is 0. The lowest BCUT2D eigenvalue weighted by Crippen LogP contribution is -2.36. The maximum atomic E-state index is 5.85. The Morgan fingerprint density at radius 2 is 1.96 bits per heavy atom. The molecule has 0 aliphatic carbocycles. The first-order chi connectivity index (χ1) is 12.2. The maximum absolute atomic E-state index is 5.85. The van der Waals surface area contributed by atoms with E-state index in [1.807, 2.05) is 6.07 Å². The summed E-state index contributed by atoms with van der Waals surface area (Å²) in [5, 5.41) is 10.5. The average molecular weight is 472 g/mol. The van der Waals surface area contributed by atoms with E-state index in [1.165, 1.54) is 5.56 Å². The van der Waals surface area contributed by atoms with Crippen LogP contribution in [0.5, 0.6) is 5.75 Å². The summed E-state index contributed by atoms with van der Waals surface area (Å²) in [4.78, 5) is 4.25. The maximum Gasteiger partial charge on any atom is 0.191 e. The average Bonchev–Trinajstić information content (AvgIpc) is 3.09. The van der Waals surface area contributed by atoms with Gasteiger partial charge in [-0.1, -0.05) is 31.1 Å². The Morgan fingerprint density at radius 3 is 2.62 bits per heavy atom. The number of hydrogen-bond donors (Lipinski definition) is 2. The number of aryl methyl sites for hydroxylation is 2. The van der Waals surface area contributed by atoms with Crippen molar-refractivity contribution in [1.82, 2.24) is 15.8 Å². The zero-order valence-electron chi connectivity index (χ0n) is 16.0. The number of aliphatic imine (C=N–C) groups is 1. The molecule has 1 aromatic carbocycles. The van der Waals surface area contributed by atoms with E-state index in [1.54, 1.807) is 7.05 Å². The van der Waals surface area contributed by atoms with Crippen molar-refractivity contribution in [3.63, 3.8) is 0 Å². The molecule has 0 amide bonds. The minimum atomic E-state index is 0. The first-order valence-corrected chi connectivity index (χ1v) is 8.77. The fraction of sp³-hybridized carbons (Fsp3) is 0.474. The highest BCUT2D eigenvalue weighted by atomic mass is 127. The topological polar surface area (TPSA) is 71.7 Å². The predicted octanol–water partition coefficient (Wildman–Crippen LogP) is 3.82. The van der Waals surface area contributed by atoms with Crippen molar-refractivity contribution in [2.45, 2.75) is 46.7 Å². The van der Waals surface area contributed by atoms with Gasteiger partial charge in [-0.15, -0.1) is 24.0 Å². The van der Waals surface area contributed by atoms with E-state index in [9.17, 15) is 0 Å². The Kier molecular flexibility index (Phi) is 10.1. The Labute approximate surface area is 172 Å². The molecule has 0 bridgehead atoms. The van der Waals surface area contributed by atoms with Gasteiger partial charge >= 0.3 is 0 Å². The number of benzene rings is 1. The normalized spacial score (nSPS) is 11.0. The summed E-state index contributed by atoms with van der Waals surface area (Å²) in [6, 6.07) is 8.21. The molecular weight excluding hydrogens is 443 g/mol. The molecule has 0 aliphatic rings. The van der Waals surface area contributed by atoms with Crippen molar-refractivity contribution in [3.8, 4) is 5.75 Å². The second-order valence-electron chi connectivity index (χ2n) is 5.88. The van der Waals surface area contributed by atoms with Crippen LogP contribution in [0.1, 0.15) is 42.8 Å². The summed E-state index contributed by atoms with van der Waals surface area (Å²) in [7, 11) is 1.75. The third kappa shape index (κ3) is 6.86. The van der Waals surface area contributed by atoms with Gasteiger partial charge in [-0.05, 0) is 31.4 Å². The first kappa shape index (κ1) is 22.3. The Hall–Kier alpha value is -1.77. The molecule has 2 N–H and O–H groups in total. The number of nitrogens with one attached hydrogen (secondary N) is 2. The van der Waals surface area contributed by atoms with Crippen molar-refractivity contribution in [2.75, 3.05) is 13.7 Å². The molecule has 0 spiro atoms. The van der Waals surface area contributed by atoms with Gasteiger partial charge < -0.3 is 19.9 Å². The van der Waals surface area contributed by atoms with E-state index in [0.29, 0.717) is 25.7 Å². The molecule has 0 atom stereocenters. The standard InChI is InChI=1S/C19H28N4O2.HI/c1-5-9-24-18-10-14(3)7-8-15(18)12-21-19(20-4)22-13-17-11-16(6-2)23-25-17;/h7-8,10-11H,5-6,9,12-13H2,1-4H3,(H2,20,21,22);1H. The van der Waals surface area contributed by atoms with Gasteiger partial charge in [0.05, 0.1) is 18.8 Å². The van der Waals surface area contributed by atoms with E-state index in [-0.39, 0.29) is 24.0 Å². The molecule has 0 aliphatic heterocycles. The molecule has 0 radical (unpaired) electrons. The van der Waals surface area contributed by atoms with Crippen LogP contribution in [-0.4, -0.2) is 24.8 Å². The summed E-state index contributed by atoms with van der Waals surface area (Å²) in [6.07, 6.45) is 1.85. The van der Waals surface area contributed by atoms with Gasteiger partial charge in [0.1, 0.15) is 5.75 Å². The molecule has 1 heterocycles. The van der Waals surface area contributed by atoms with Crippen LogP contribution >= 0.6 is 24.0 Å². The van der Waals surface area contributed by atoms with Gasteiger partial charge in [-0.2, -0.15) is 0 Å². The molecule has 6 nitrogen and oxygen atoms in total. The number of ether oxygens (including phenoxy) is 1. The lowest BCUT2D eigenvalue weighted by molar-refractivity contribution is 0.313. The van der Waals surface area contributed by atoms with Crippen molar-refractivity contribution in [3.05, 3.63) is 46.8 Å². The number of nitrogens with zero attached hydrogens (tertiary/aromatic N) is 2. The molecule has 0 saturated heterocycles. The van der Waals surface area contributed by atoms with Gasteiger partial charge in [-0.25, -0.2) is 0 Å². The predicted molar refractivity (Wildman–Crippen MR) is 115 cm³/mol. The van der Waals surface area contributed by atoms with Gasteiger partial charge in [0, 0.05) is 25.2 Å². The SMILES string of the molecule is CCCOc1cc(C)ccc1CNC(=NC)NCc1cc(CC)no1.I. The van der Waals surface area contributed by atoms with Gasteiger partial charge in [0.15, 0.2) is 11.7 Å². The monoisotopic (exact) mass is 472 g/mol. The Morgan fingerprint density at radius 1 is 1.19 bits per heavy atom. The summed E-state index contributed by atoms with van der Waals surface area (Å²) in [5.41, 5.74) is 3.25. The summed E-state index contributed by atoms with van der Waals surface area (Å²) < 4.78 is 11.1. The van der Waals surface area contributed by atoms with Crippen molar-refractivity contribution >= 4 is 29.9 Å². The molecule has 26 heavy (non-hydrogen) atoms. The van der Waals surface area contributed by atoms with E-state index in [4.69, 9.17) is 9.26 Å². The largest absolute Gasteiger partial charge is 0.493 e. The number of guanidine groups is 1. The highest BCUT2D eigenvalue weighted by Crippen LogP contribution is 2.20. The molecule has 2 aromatic rings. The van der Waals surface area contributed by atoms with Crippen LogP contribution in [0.4, 0.5) is 0 Å². The van der Waals surface area contributed by atoms with Crippen LogP contribution in [0, 0.1) is 6.92 Å². The van der Waals surface area contributed by atoms with Crippen molar-refractivity contribution in [2.24, 2.45) is 4.99 Å². The lowest BCUT2D eigenvalue weighted by Gasteiger charge is -2.15. The zero-order valence-corrected chi connectivity index (χ0v) is 18.3. The molecule has 144 valence electrons. The first-order valence-electron chi connectivity index (χ1n) is 8.77. The van der Waals surface area contributed by atoms with E-state index < -0.39 is 0 Å². The number of hydrogen-bond acceptors (Lipinski definition) is 4. The molecule has 1 aromatic heterocycles. The minimum Gasteiger partial charge on any atom is -0.493 e. The molecule has 0 fully saturated rings. The Balaban J connectivity index is 0.00000338. The fourth-order valence-corrected chi connectivity index (χ4v) is 2.33. The van der Waals surface area contributed by atoms with Gasteiger partial charge in [0.25, 0.3) is 0 Å². The van der Waals surface area contributed by atoms with E-state index in [2.05, 4.69) is 59.8 Å². The molecular formula is C19H29IN4O2. The Bertz CT molecular complexity index is 701. The minimum absolute atomic E-state index is 0. The highest BCUT2D eigenvalue weighted by molar-refractivity contribution is 14.0. The molecule has 0 unspecified atom stereocenters. The number of aromatic nitrogens is 1. The molecule has 0 saturated carbocycles. The fourth-order valence-electron chi connectivity index (χ4n) is 2.33. The van der Waals surface area contributed by atoms with Crippen molar-refractivity contribution in [1.29, 1.82) is 0 Å². The zero-order chi connectivity index (χ0) is 18.1. The smallest absolute Gasteiger partial charge is 0.191 e. The third-order valence-corrected chi connectivity index (χ3v) is 3.75. The van der Waals surface area contributed by atoms with Gasteiger partial charge in [0.2, 0.25) is 0 Å². The number of halogens is 1. The van der Waals surface area contributed by atoms with Crippen LogP contribution < -0.4 is 15.4 Å². The van der Waals surface area contributed by atoms with Crippen LogP contribution in [0.3, 0.4) is 0 Å².